The second kappa shape index (κ2) is 12.3. The predicted octanol–water partition coefficient (Wildman–Crippen LogP) is 6.96. The van der Waals surface area contributed by atoms with Crippen molar-refractivity contribution >= 4 is 40.8 Å². The summed E-state index contributed by atoms with van der Waals surface area (Å²) < 4.78 is 44.3. The van der Waals surface area contributed by atoms with Gasteiger partial charge in [-0.15, -0.1) is 13.2 Å². The summed E-state index contributed by atoms with van der Waals surface area (Å²) in [5.41, 5.74) is 0.211. The van der Waals surface area contributed by atoms with E-state index < -0.39 is 76.5 Å². The lowest BCUT2D eigenvalue weighted by Crippen LogP contribution is -2.49. The maximum Gasteiger partial charge on any atom is 0.573 e. The van der Waals surface area contributed by atoms with Gasteiger partial charge in [-0.05, 0) is 80.3 Å². The van der Waals surface area contributed by atoms with E-state index in [-0.39, 0.29) is 29.9 Å². The number of aromatic hydroxyl groups is 1. The number of hydrogen-bond acceptors (Lipinski definition) is 7. The Balaban J connectivity index is 1.20. The van der Waals surface area contributed by atoms with Crippen LogP contribution in [0.15, 0.2) is 115 Å². The number of anilines is 2. The van der Waals surface area contributed by atoms with Crippen LogP contribution in [0.2, 0.25) is 0 Å². The Morgan fingerprint density at radius 3 is 2.06 bits per heavy atom. The molecule has 2 aliphatic carbocycles. The minimum Gasteiger partial charge on any atom is -0.508 e. The molecule has 2 aliphatic heterocycles. The van der Waals surface area contributed by atoms with Gasteiger partial charge in [0.2, 0.25) is 23.6 Å². The van der Waals surface area contributed by atoms with Gasteiger partial charge in [-0.3, -0.25) is 28.9 Å². The first kappa shape index (κ1) is 34.1. The summed E-state index contributed by atoms with van der Waals surface area (Å²) in [4.78, 5) is 72.5. The van der Waals surface area contributed by atoms with Gasteiger partial charge in [-0.25, -0.2) is 4.90 Å². The SMILES string of the molecule is CC12C(=O)N(c3ccccc3)C(=O)C1CC1C(=CCC3C(=O)N(c4ccc(C(=O)c5ccccc5)cc4)C(=O)C31)C2c1cc(OC(F)(F)F)ccc1O. The highest BCUT2D eigenvalue weighted by Gasteiger charge is 2.68. The molecule has 4 aromatic rings. The number of ether oxygens (including phenoxy) is 1. The van der Waals surface area contributed by atoms with Crippen molar-refractivity contribution < 1.29 is 47.0 Å². The lowest BCUT2D eigenvalue weighted by molar-refractivity contribution is -0.274. The van der Waals surface area contributed by atoms with E-state index >= 15 is 0 Å². The topological polar surface area (TPSA) is 121 Å². The van der Waals surface area contributed by atoms with Crippen LogP contribution in [0.5, 0.6) is 11.5 Å². The quantitative estimate of drug-likeness (QED) is 0.130. The number of phenols is 1. The molecule has 4 aromatic carbocycles. The average Bonchev–Trinajstić information content (AvgIpc) is 3.51. The lowest BCUT2D eigenvalue weighted by atomic mass is 9.51. The van der Waals surface area contributed by atoms with E-state index in [0.717, 1.165) is 28.0 Å². The molecule has 8 rings (SSSR count). The van der Waals surface area contributed by atoms with Crippen LogP contribution in [0.3, 0.4) is 0 Å². The number of carbonyl (C=O) groups excluding carboxylic acids is 5. The number of benzene rings is 4. The molecular formula is C41H31F3N2O7. The smallest absolute Gasteiger partial charge is 0.508 e. The molecule has 4 aliphatic rings. The fourth-order valence-corrected chi connectivity index (χ4v) is 8.92. The van der Waals surface area contributed by atoms with Gasteiger partial charge in [0, 0.05) is 22.6 Å². The third-order valence-electron chi connectivity index (χ3n) is 11.3. The first-order valence-electron chi connectivity index (χ1n) is 17.1. The van der Waals surface area contributed by atoms with E-state index in [4.69, 9.17) is 0 Å². The van der Waals surface area contributed by atoms with Gasteiger partial charge in [0.25, 0.3) is 0 Å². The molecule has 9 nitrogen and oxygen atoms in total. The molecule has 2 heterocycles. The van der Waals surface area contributed by atoms with Gasteiger partial charge in [-0.2, -0.15) is 0 Å². The number of halogens is 3. The second-order valence-electron chi connectivity index (χ2n) is 14.0. The zero-order valence-corrected chi connectivity index (χ0v) is 28.1. The predicted molar refractivity (Wildman–Crippen MR) is 185 cm³/mol. The van der Waals surface area contributed by atoms with Gasteiger partial charge >= 0.3 is 6.36 Å². The number of phenolic OH excluding ortho intramolecular Hbond substituents is 1. The molecule has 0 spiro atoms. The van der Waals surface area contributed by atoms with Crippen molar-refractivity contribution in [3.8, 4) is 11.5 Å². The first-order valence-corrected chi connectivity index (χ1v) is 17.1. The molecule has 2 saturated heterocycles. The summed E-state index contributed by atoms with van der Waals surface area (Å²) in [7, 11) is 0. The number of carbonyl (C=O) groups is 5. The first-order chi connectivity index (χ1) is 25.3. The van der Waals surface area contributed by atoms with Crippen molar-refractivity contribution in [2.45, 2.75) is 32.0 Å². The molecule has 0 radical (unpaired) electrons. The number of hydrogen-bond donors (Lipinski definition) is 1. The molecule has 268 valence electrons. The summed E-state index contributed by atoms with van der Waals surface area (Å²) in [5.74, 6) is -8.24. The Labute approximate surface area is 301 Å². The van der Waals surface area contributed by atoms with Crippen molar-refractivity contribution in [2.75, 3.05) is 9.80 Å². The van der Waals surface area contributed by atoms with E-state index in [2.05, 4.69) is 4.74 Å². The molecule has 1 saturated carbocycles. The molecule has 0 bridgehead atoms. The number of allylic oxidation sites excluding steroid dienone is 2. The zero-order chi connectivity index (χ0) is 37.4. The van der Waals surface area contributed by atoms with Crippen LogP contribution < -0.4 is 14.5 Å². The van der Waals surface area contributed by atoms with E-state index in [1.165, 1.54) is 12.1 Å². The molecule has 0 aromatic heterocycles. The van der Waals surface area contributed by atoms with Crippen LogP contribution in [0, 0.1) is 29.1 Å². The number of rotatable bonds is 6. The molecule has 53 heavy (non-hydrogen) atoms. The second-order valence-corrected chi connectivity index (χ2v) is 14.0. The monoisotopic (exact) mass is 720 g/mol. The highest BCUT2D eigenvalue weighted by Crippen LogP contribution is 2.64. The number of nitrogens with zero attached hydrogens (tertiary/aromatic N) is 2. The largest absolute Gasteiger partial charge is 0.573 e. The highest BCUT2D eigenvalue weighted by atomic mass is 19.4. The lowest BCUT2D eigenvalue weighted by Gasteiger charge is -2.49. The summed E-state index contributed by atoms with van der Waals surface area (Å²) >= 11 is 0. The minimum absolute atomic E-state index is 0.00475. The molecular weight excluding hydrogens is 689 g/mol. The number of fused-ring (bicyclic) bond motifs is 4. The number of imide groups is 2. The molecule has 4 amide bonds. The van der Waals surface area contributed by atoms with Gasteiger partial charge in [0.15, 0.2) is 5.78 Å². The Hall–Kier alpha value is -6.04. The van der Waals surface area contributed by atoms with Crippen LogP contribution in [-0.2, 0) is 19.2 Å². The molecule has 12 heteroatoms. The van der Waals surface area contributed by atoms with Crippen LogP contribution in [0.25, 0.3) is 0 Å². The molecule has 1 N–H and O–H groups in total. The molecule has 6 unspecified atom stereocenters. The van der Waals surface area contributed by atoms with Gasteiger partial charge < -0.3 is 9.84 Å². The maximum atomic E-state index is 14.5. The van der Waals surface area contributed by atoms with Crippen molar-refractivity contribution in [3.05, 3.63) is 131 Å². The van der Waals surface area contributed by atoms with Crippen LogP contribution in [-0.4, -0.2) is 40.9 Å². The summed E-state index contributed by atoms with van der Waals surface area (Å²) in [6.45, 7) is 1.57. The van der Waals surface area contributed by atoms with Gasteiger partial charge in [-0.1, -0.05) is 60.2 Å². The third-order valence-corrected chi connectivity index (χ3v) is 11.3. The molecule has 6 atom stereocenters. The standard InChI is InChI=1S/C41H31F3N2O7/c1-40-31(37(50)46(39(40)52)24-10-6-3-7-11-24)21-29-27(34(40)30-20-26(16-19-32(30)47)53-41(42,43)44)17-18-28-33(29)38(51)45(36(28)49)25-14-12-23(13-15-25)35(48)22-8-4-2-5-9-22/h2-17,19-20,28-29,31,33-34,47H,18,21H2,1H3. The highest BCUT2D eigenvalue weighted by molar-refractivity contribution is 6.25. The summed E-state index contributed by atoms with van der Waals surface area (Å²) in [5, 5.41) is 11.2. The van der Waals surface area contributed by atoms with E-state index in [1.54, 1.807) is 85.8 Å². The minimum atomic E-state index is -5.05. The Morgan fingerprint density at radius 1 is 0.774 bits per heavy atom. The van der Waals surface area contributed by atoms with Crippen molar-refractivity contribution in [3.63, 3.8) is 0 Å². The summed E-state index contributed by atoms with van der Waals surface area (Å²) in [6.07, 6.45) is -3.24. The van der Waals surface area contributed by atoms with Gasteiger partial charge in [0.05, 0.1) is 34.5 Å². The number of ketones is 1. The number of alkyl halides is 3. The Bertz CT molecular complexity index is 2220. The zero-order valence-electron chi connectivity index (χ0n) is 28.1. The maximum absolute atomic E-state index is 14.5. The third kappa shape index (κ3) is 5.34. The number of amides is 4. The number of para-hydroxylation sites is 1. The normalized spacial score (nSPS) is 26.6. The fraction of sp³-hybridized carbons (Fsp3) is 0.244. The van der Waals surface area contributed by atoms with Crippen molar-refractivity contribution in [1.29, 1.82) is 0 Å². The van der Waals surface area contributed by atoms with E-state index in [0.29, 0.717) is 22.4 Å². The molecule has 3 fully saturated rings. The van der Waals surface area contributed by atoms with Gasteiger partial charge in [0.1, 0.15) is 11.5 Å². The van der Waals surface area contributed by atoms with Crippen LogP contribution in [0.1, 0.15) is 47.2 Å². The van der Waals surface area contributed by atoms with Crippen molar-refractivity contribution in [2.24, 2.45) is 29.1 Å². The average molecular weight is 721 g/mol. The van der Waals surface area contributed by atoms with E-state index in [1.807, 2.05) is 0 Å². The van der Waals surface area contributed by atoms with Crippen molar-refractivity contribution in [1.82, 2.24) is 0 Å². The summed E-state index contributed by atoms with van der Waals surface area (Å²) in [6, 6.07) is 26.0. The Morgan fingerprint density at radius 2 is 1.40 bits per heavy atom. The van der Waals surface area contributed by atoms with Crippen LogP contribution in [0.4, 0.5) is 24.5 Å². The van der Waals surface area contributed by atoms with Crippen LogP contribution >= 0.6 is 0 Å². The van der Waals surface area contributed by atoms with E-state index in [9.17, 15) is 42.3 Å². The Kier molecular flexibility index (Phi) is 7.90. The fourth-order valence-electron chi connectivity index (χ4n) is 8.92.